The molecule has 0 atom stereocenters. The molecule has 0 unspecified atom stereocenters. The highest BCUT2D eigenvalue weighted by atomic mass is 35.5. The minimum atomic E-state index is -0.229. The van der Waals surface area contributed by atoms with Crippen LogP contribution in [0, 0.1) is 0 Å². The Morgan fingerprint density at radius 3 is 2.39 bits per heavy atom. The van der Waals surface area contributed by atoms with Crippen LogP contribution in [0.4, 0.5) is 0 Å². The van der Waals surface area contributed by atoms with Crippen molar-refractivity contribution in [2.75, 3.05) is 13.4 Å². The number of hydrogen-bond donors (Lipinski definition) is 2. The molecule has 0 aliphatic rings. The Morgan fingerprint density at radius 2 is 1.76 bits per heavy atom. The molecule has 0 saturated carbocycles. The van der Waals surface area contributed by atoms with Crippen molar-refractivity contribution in [3.05, 3.63) is 63.2 Å². The van der Waals surface area contributed by atoms with Crippen LogP contribution in [0.5, 0.6) is 5.75 Å². The molecule has 4 rings (SSSR count). The number of aliphatic hydroxyl groups excluding tert-OH is 1. The third-order valence-electron chi connectivity index (χ3n) is 4.85. The number of imidazole rings is 1. The molecule has 0 fully saturated rings. The summed E-state index contributed by atoms with van der Waals surface area (Å²) in [5.74, 6) is 0.558. The van der Waals surface area contributed by atoms with Gasteiger partial charge in [-0.05, 0) is 42.2 Å². The molecule has 0 aliphatic carbocycles. The SMILES string of the molecule is COc1cc(-c2nc(-c3c(Cl)cc(CO)cc3Cl)n(O)c2-c2ccnc(SC)n2)ccc1Cl. The third kappa shape index (κ3) is 4.49. The van der Waals surface area contributed by atoms with E-state index in [0.29, 0.717) is 49.7 Å². The zero-order chi connectivity index (χ0) is 23.7. The lowest BCUT2D eigenvalue weighted by atomic mass is 10.1. The summed E-state index contributed by atoms with van der Waals surface area (Å²) in [4.78, 5) is 13.4. The fourth-order valence-corrected chi connectivity index (χ4v) is 4.57. The van der Waals surface area contributed by atoms with Gasteiger partial charge in [0.2, 0.25) is 0 Å². The lowest BCUT2D eigenvalue weighted by molar-refractivity contribution is 0.195. The molecular weight excluding hydrogens is 507 g/mol. The molecule has 2 N–H and O–H groups in total. The molecule has 0 radical (unpaired) electrons. The molecule has 170 valence electrons. The molecule has 4 aromatic rings. The van der Waals surface area contributed by atoms with E-state index in [9.17, 15) is 10.3 Å². The highest BCUT2D eigenvalue weighted by molar-refractivity contribution is 7.98. The number of thioether (sulfide) groups is 1. The van der Waals surface area contributed by atoms with E-state index in [2.05, 4.69) is 15.0 Å². The van der Waals surface area contributed by atoms with E-state index in [-0.39, 0.29) is 22.5 Å². The number of ether oxygens (including phenoxy) is 1. The highest BCUT2D eigenvalue weighted by Crippen LogP contribution is 2.41. The quantitative estimate of drug-likeness (QED) is 0.179. The molecule has 2 aromatic carbocycles. The fraction of sp³-hybridized carbons (Fsp3) is 0.136. The van der Waals surface area contributed by atoms with Gasteiger partial charge in [0.05, 0.1) is 40.0 Å². The van der Waals surface area contributed by atoms with Gasteiger partial charge < -0.3 is 15.1 Å². The van der Waals surface area contributed by atoms with Gasteiger partial charge in [-0.15, -0.1) is 0 Å². The van der Waals surface area contributed by atoms with Crippen molar-refractivity contribution >= 4 is 46.6 Å². The number of benzene rings is 2. The van der Waals surface area contributed by atoms with E-state index >= 15 is 0 Å². The molecule has 7 nitrogen and oxygen atoms in total. The lowest BCUT2D eigenvalue weighted by Gasteiger charge is -2.10. The van der Waals surface area contributed by atoms with E-state index in [4.69, 9.17) is 39.5 Å². The second-order valence-corrected chi connectivity index (χ2v) is 8.81. The molecule has 0 amide bonds. The average molecular weight is 524 g/mol. The number of methoxy groups -OCH3 is 1. The summed E-state index contributed by atoms with van der Waals surface area (Å²) < 4.78 is 6.25. The minimum absolute atomic E-state index is 0.109. The van der Waals surface area contributed by atoms with Gasteiger partial charge in [0.15, 0.2) is 11.0 Å². The zero-order valence-corrected chi connectivity index (χ0v) is 20.5. The first kappa shape index (κ1) is 23.7. The molecule has 2 aromatic heterocycles. The number of hydrogen-bond acceptors (Lipinski definition) is 7. The van der Waals surface area contributed by atoms with Gasteiger partial charge in [-0.1, -0.05) is 52.6 Å². The predicted octanol–water partition coefficient (Wildman–Crippen LogP) is 6.09. The predicted molar refractivity (Wildman–Crippen MR) is 131 cm³/mol. The summed E-state index contributed by atoms with van der Waals surface area (Å²) in [7, 11) is 1.51. The normalized spacial score (nSPS) is 11.1. The Labute approximate surface area is 208 Å². The van der Waals surface area contributed by atoms with Crippen LogP contribution in [0.1, 0.15) is 5.56 Å². The molecule has 0 spiro atoms. The summed E-state index contributed by atoms with van der Waals surface area (Å²) >= 11 is 20.5. The Kier molecular flexibility index (Phi) is 7.02. The van der Waals surface area contributed by atoms with E-state index in [0.717, 1.165) is 4.73 Å². The van der Waals surface area contributed by atoms with E-state index in [1.165, 1.54) is 18.9 Å². The minimum Gasteiger partial charge on any atom is -0.495 e. The Morgan fingerprint density at radius 1 is 1.03 bits per heavy atom. The monoisotopic (exact) mass is 522 g/mol. The Balaban J connectivity index is 2.02. The summed E-state index contributed by atoms with van der Waals surface area (Å²) in [5.41, 5.74) is 2.64. The number of nitrogens with zero attached hydrogens (tertiary/aromatic N) is 4. The maximum Gasteiger partial charge on any atom is 0.187 e. The number of aromatic nitrogens is 4. The second kappa shape index (κ2) is 9.79. The van der Waals surface area contributed by atoms with Gasteiger partial charge >= 0.3 is 0 Å². The molecular formula is C22H17Cl3N4O3S. The van der Waals surface area contributed by atoms with Crippen molar-refractivity contribution in [2.45, 2.75) is 11.8 Å². The maximum absolute atomic E-state index is 11.3. The van der Waals surface area contributed by atoms with E-state index < -0.39 is 0 Å². The second-order valence-electron chi connectivity index (χ2n) is 6.81. The molecule has 0 saturated heterocycles. The van der Waals surface area contributed by atoms with Crippen molar-refractivity contribution in [1.29, 1.82) is 0 Å². The number of aliphatic hydroxyl groups is 1. The molecule has 33 heavy (non-hydrogen) atoms. The van der Waals surface area contributed by atoms with Crippen molar-refractivity contribution < 1.29 is 15.1 Å². The topological polar surface area (TPSA) is 93.3 Å². The lowest BCUT2D eigenvalue weighted by Crippen LogP contribution is -2.01. The Hall–Kier alpha value is -2.49. The van der Waals surface area contributed by atoms with Gasteiger partial charge in [0.1, 0.15) is 17.1 Å². The van der Waals surface area contributed by atoms with Crippen LogP contribution in [0.15, 0.2) is 47.8 Å². The van der Waals surface area contributed by atoms with Crippen LogP contribution in [0.3, 0.4) is 0 Å². The van der Waals surface area contributed by atoms with Crippen molar-refractivity contribution in [2.24, 2.45) is 0 Å². The van der Waals surface area contributed by atoms with Gasteiger partial charge in [-0.3, -0.25) is 0 Å². The highest BCUT2D eigenvalue weighted by Gasteiger charge is 2.26. The molecule has 11 heteroatoms. The molecule has 2 heterocycles. The summed E-state index contributed by atoms with van der Waals surface area (Å²) in [6.45, 7) is -0.229. The third-order valence-corrected chi connectivity index (χ3v) is 6.32. The summed E-state index contributed by atoms with van der Waals surface area (Å²) in [6.07, 6.45) is 3.46. The van der Waals surface area contributed by atoms with Crippen LogP contribution in [-0.4, -0.2) is 43.4 Å². The zero-order valence-electron chi connectivity index (χ0n) is 17.4. The molecule has 0 aliphatic heterocycles. The van der Waals surface area contributed by atoms with Crippen LogP contribution < -0.4 is 4.74 Å². The summed E-state index contributed by atoms with van der Waals surface area (Å²) in [5, 5.41) is 22.1. The average Bonchev–Trinajstić information content (AvgIpc) is 3.15. The van der Waals surface area contributed by atoms with Crippen molar-refractivity contribution in [3.8, 4) is 39.8 Å². The fourth-order valence-electron chi connectivity index (χ4n) is 3.31. The van der Waals surface area contributed by atoms with Crippen LogP contribution in [-0.2, 0) is 6.61 Å². The van der Waals surface area contributed by atoms with Crippen molar-refractivity contribution in [1.82, 2.24) is 19.7 Å². The Bertz CT molecular complexity index is 1320. The van der Waals surface area contributed by atoms with E-state index in [1.807, 2.05) is 6.26 Å². The van der Waals surface area contributed by atoms with Gasteiger partial charge in [0, 0.05) is 11.8 Å². The van der Waals surface area contributed by atoms with E-state index in [1.54, 1.807) is 42.6 Å². The van der Waals surface area contributed by atoms with Gasteiger partial charge in [0.25, 0.3) is 0 Å². The molecule has 0 bridgehead atoms. The van der Waals surface area contributed by atoms with Gasteiger partial charge in [-0.25, -0.2) is 15.0 Å². The first-order chi connectivity index (χ1) is 15.9. The number of halogens is 3. The summed E-state index contributed by atoms with van der Waals surface area (Å²) in [6, 6.07) is 9.96. The maximum atomic E-state index is 11.3. The number of rotatable bonds is 6. The van der Waals surface area contributed by atoms with Gasteiger partial charge in [-0.2, -0.15) is 4.73 Å². The first-order valence-electron chi connectivity index (χ1n) is 9.50. The van der Waals surface area contributed by atoms with Crippen LogP contribution in [0.25, 0.3) is 34.0 Å². The standard InChI is InChI=1S/C22H17Cl3N4O3S/c1-32-17-9-12(3-4-13(17)23)19-20(16-5-6-26-22(27-16)33-2)29(31)21(28-19)18-14(24)7-11(10-30)8-15(18)25/h3-9,30-31H,10H2,1-2H3. The smallest absolute Gasteiger partial charge is 0.187 e. The first-order valence-corrected chi connectivity index (χ1v) is 11.9. The van der Waals surface area contributed by atoms with Crippen LogP contribution in [0.2, 0.25) is 15.1 Å². The van der Waals surface area contributed by atoms with Crippen molar-refractivity contribution in [3.63, 3.8) is 0 Å². The largest absolute Gasteiger partial charge is 0.495 e. The van der Waals surface area contributed by atoms with Crippen LogP contribution >= 0.6 is 46.6 Å².